The normalized spacial score (nSPS) is 15.8. The number of rotatable bonds is 7. The summed E-state index contributed by atoms with van der Waals surface area (Å²) in [6.45, 7) is 3.04. The molecule has 0 saturated carbocycles. The smallest absolute Gasteiger partial charge is 0.254 e. The summed E-state index contributed by atoms with van der Waals surface area (Å²) in [6, 6.07) is 23.6. The number of amides is 1. The maximum Gasteiger partial charge on any atom is 0.254 e. The number of likely N-dealkylation sites (tertiary alicyclic amines) is 1. The Morgan fingerprint density at radius 3 is 2.26 bits per heavy atom. The van der Waals surface area contributed by atoms with Gasteiger partial charge in [0.05, 0.1) is 11.0 Å². The molecule has 1 unspecified atom stereocenters. The van der Waals surface area contributed by atoms with Gasteiger partial charge in [-0.25, -0.2) is 13.1 Å². The third-order valence-electron chi connectivity index (χ3n) is 6.47. The fourth-order valence-electron chi connectivity index (χ4n) is 4.37. The number of nitrogens with zero attached hydrogens (tertiary/aromatic N) is 1. The highest BCUT2D eigenvalue weighted by Crippen LogP contribution is 2.31. The lowest BCUT2D eigenvalue weighted by Crippen LogP contribution is -2.40. The number of aryl methyl sites for hydroxylation is 1. The number of carbonyl (C=O) groups is 1. The molecule has 1 aliphatic heterocycles. The number of aliphatic hydroxyl groups excluding tert-OH is 1. The highest BCUT2D eigenvalue weighted by molar-refractivity contribution is 7.89. The van der Waals surface area contributed by atoms with Crippen LogP contribution >= 0.6 is 0 Å². The van der Waals surface area contributed by atoms with Gasteiger partial charge in [0.15, 0.2) is 0 Å². The van der Waals surface area contributed by atoms with Gasteiger partial charge in [0.25, 0.3) is 5.91 Å². The molecule has 1 fully saturated rings. The molecule has 34 heavy (non-hydrogen) atoms. The first kappa shape index (κ1) is 24.1. The van der Waals surface area contributed by atoms with E-state index in [0.717, 1.165) is 16.7 Å². The summed E-state index contributed by atoms with van der Waals surface area (Å²) in [6.07, 6.45) is 0.832. The van der Waals surface area contributed by atoms with Crippen LogP contribution in [0.3, 0.4) is 0 Å². The molecular weight excluding hydrogens is 448 g/mol. The van der Waals surface area contributed by atoms with E-state index < -0.39 is 16.1 Å². The Labute approximate surface area is 201 Å². The van der Waals surface area contributed by atoms with Crippen molar-refractivity contribution in [3.63, 3.8) is 0 Å². The maximum absolute atomic E-state index is 13.3. The molecule has 1 aliphatic rings. The van der Waals surface area contributed by atoms with Crippen molar-refractivity contribution in [2.24, 2.45) is 5.92 Å². The summed E-state index contributed by atoms with van der Waals surface area (Å²) < 4.78 is 28.3. The Kier molecular flexibility index (Phi) is 7.46. The Hall–Kier alpha value is -3.00. The number of hydrogen-bond donors (Lipinski definition) is 2. The van der Waals surface area contributed by atoms with Crippen molar-refractivity contribution in [1.29, 1.82) is 0 Å². The van der Waals surface area contributed by atoms with Crippen LogP contribution in [0.2, 0.25) is 0 Å². The SMILES string of the molecule is Cc1ccc(S(=O)(=O)NCc2ccccc2)cc1C(=O)N1CCC(C(O)c2ccccc2)CC1. The lowest BCUT2D eigenvalue weighted by molar-refractivity contribution is 0.0461. The van der Waals surface area contributed by atoms with E-state index in [1.54, 1.807) is 11.0 Å². The summed E-state index contributed by atoms with van der Waals surface area (Å²) in [5.74, 6) is -0.0910. The van der Waals surface area contributed by atoms with Crippen LogP contribution in [-0.4, -0.2) is 37.4 Å². The van der Waals surface area contributed by atoms with Crippen LogP contribution in [0.15, 0.2) is 83.8 Å². The average molecular weight is 479 g/mol. The van der Waals surface area contributed by atoms with Crippen molar-refractivity contribution < 1.29 is 18.3 Å². The zero-order valence-corrected chi connectivity index (χ0v) is 20.0. The van der Waals surface area contributed by atoms with Crippen LogP contribution in [0.25, 0.3) is 0 Å². The Bertz CT molecular complexity index is 1220. The minimum absolute atomic E-state index is 0.0757. The molecule has 1 heterocycles. The van der Waals surface area contributed by atoms with E-state index in [0.29, 0.717) is 31.5 Å². The third-order valence-corrected chi connectivity index (χ3v) is 7.87. The molecule has 1 amide bonds. The van der Waals surface area contributed by atoms with Gasteiger partial charge in [-0.3, -0.25) is 4.79 Å². The van der Waals surface area contributed by atoms with E-state index in [1.807, 2.05) is 67.6 Å². The summed E-state index contributed by atoms with van der Waals surface area (Å²) in [4.78, 5) is 15.1. The van der Waals surface area contributed by atoms with Crippen molar-refractivity contribution in [2.45, 2.75) is 37.3 Å². The second kappa shape index (κ2) is 10.5. The van der Waals surface area contributed by atoms with Crippen LogP contribution in [0.4, 0.5) is 0 Å². The largest absolute Gasteiger partial charge is 0.388 e. The summed E-state index contributed by atoms with van der Waals surface area (Å²) in [5, 5.41) is 10.7. The predicted octanol–water partition coefficient (Wildman–Crippen LogP) is 4.06. The molecular formula is C27H30N2O4S. The van der Waals surface area contributed by atoms with Gasteiger partial charge in [-0.2, -0.15) is 0 Å². The van der Waals surface area contributed by atoms with Gasteiger partial charge in [0.1, 0.15) is 0 Å². The van der Waals surface area contributed by atoms with Gasteiger partial charge >= 0.3 is 0 Å². The van der Waals surface area contributed by atoms with Gasteiger partial charge in [0.2, 0.25) is 10.0 Å². The molecule has 2 N–H and O–H groups in total. The minimum Gasteiger partial charge on any atom is -0.388 e. The van der Waals surface area contributed by atoms with E-state index in [9.17, 15) is 18.3 Å². The lowest BCUT2D eigenvalue weighted by atomic mass is 9.87. The van der Waals surface area contributed by atoms with Crippen LogP contribution in [0.1, 0.15) is 46.0 Å². The number of hydrogen-bond acceptors (Lipinski definition) is 4. The van der Waals surface area contributed by atoms with Gasteiger partial charge in [-0.15, -0.1) is 0 Å². The van der Waals surface area contributed by atoms with Gasteiger partial charge in [0, 0.05) is 25.2 Å². The average Bonchev–Trinajstić information content (AvgIpc) is 2.88. The molecule has 7 heteroatoms. The molecule has 0 bridgehead atoms. The number of sulfonamides is 1. The van der Waals surface area contributed by atoms with Crippen LogP contribution in [0, 0.1) is 12.8 Å². The molecule has 178 valence electrons. The first-order chi connectivity index (χ1) is 16.3. The number of nitrogens with one attached hydrogen (secondary N) is 1. The monoisotopic (exact) mass is 478 g/mol. The molecule has 1 saturated heterocycles. The van der Waals surface area contributed by atoms with E-state index in [1.165, 1.54) is 12.1 Å². The number of carbonyl (C=O) groups excluding carboxylic acids is 1. The zero-order chi connectivity index (χ0) is 24.1. The fraction of sp³-hybridized carbons (Fsp3) is 0.296. The van der Waals surface area contributed by atoms with Gasteiger partial charge in [-0.05, 0) is 54.5 Å². The van der Waals surface area contributed by atoms with Crippen molar-refractivity contribution in [3.8, 4) is 0 Å². The van der Waals surface area contributed by atoms with Gasteiger partial charge in [-0.1, -0.05) is 66.7 Å². The molecule has 0 aromatic heterocycles. The van der Waals surface area contributed by atoms with Crippen molar-refractivity contribution in [1.82, 2.24) is 9.62 Å². The lowest BCUT2D eigenvalue weighted by Gasteiger charge is -2.34. The van der Waals surface area contributed by atoms with Crippen molar-refractivity contribution in [2.75, 3.05) is 13.1 Å². The topological polar surface area (TPSA) is 86.7 Å². The Morgan fingerprint density at radius 2 is 1.62 bits per heavy atom. The van der Waals surface area contributed by atoms with Crippen LogP contribution < -0.4 is 4.72 Å². The van der Waals surface area contributed by atoms with E-state index >= 15 is 0 Å². The van der Waals surface area contributed by atoms with Crippen LogP contribution in [-0.2, 0) is 16.6 Å². The Morgan fingerprint density at radius 1 is 1.00 bits per heavy atom. The number of benzene rings is 3. The van der Waals surface area contributed by atoms with Crippen molar-refractivity contribution >= 4 is 15.9 Å². The summed E-state index contributed by atoms with van der Waals surface area (Å²) in [7, 11) is -3.77. The quantitative estimate of drug-likeness (QED) is 0.536. The number of aliphatic hydroxyl groups is 1. The second-order valence-corrected chi connectivity index (χ2v) is 10.5. The molecule has 3 aromatic rings. The Balaban J connectivity index is 1.43. The van der Waals surface area contributed by atoms with Crippen molar-refractivity contribution in [3.05, 3.63) is 101 Å². The molecule has 6 nitrogen and oxygen atoms in total. The highest BCUT2D eigenvalue weighted by Gasteiger charge is 2.29. The maximum atomic E-state index is 13.3. The number of piperidine rings is 1. The minimum atomic E-state index is -3.77. The molecule has 3 aromatic carbocycles. The molecule has 0 radical (unpaired) electrons. The fourth-order valence-corrected chi connectivity index (χ4v) is 5.41. The standard InChI is InChI=1S/C27H30N2O4S/c1-20-12-13-24(34(32,33)28-19-21-8-4-2-5-9-21)18-25(20)27(31)29-16-14-23(15-17-29)26(30)22-10-6-3-7-11-22/h2-13,18,23,26,28,30H,14-17,19H2,1H3. The van der Waals surface area contributed by atoms with E-state index in [2.05, 4.69) is 4.72 Å². The second-order valence-electron chi connectivity index (χ2n) is 8.77. The zero-order valence-electron chi connectivity index (χ0n) is 19.2. The van der Waals surface area contributed by atoms with Gasteiger partial charge < -0.3 is 10.0 Å². The predicted molar refractivity (Wildman–Crippen MR) is 132 cm³/mol. The first-order valence-corrected chi connectivity index (χ1v) is 13.0. The molecule has 0 spiro atoms. The third kappa shape index (κ3) is 5.55. The highest BCUT2D eigenvalue weighted by atomic mass is 32.2. The van der Waals surface area contributed by atoms with Crippen LogP contribution in [0.5, 0.6) is 0 Å². The molecule has 4 rings (SSSR count). The first-order valence-electron chi connectivity index (χ1n) is 11.5. The summed E-state index contributed by atoms with van der Waals surface area (Å²) in [5.41, 5.74) is 2.88. The summed E-state index contributed by atoms with van der Waals surface area (Å²) >= 11 is 0. The molecule has 0 aliphatic carbocycles. The van der Waals surface area contributed by atoms with E-state index in [4.69, 9.17) is 0 Å². The molecule has 1 atom stereocenters. The van der Waals surface area contributed by atoms with E-state index in [-0.39, 0.29) is 23.3 Å².